The lowest BCUT2D eigenvalue weighted by Gasteiger charge is -2.15. The van der Waals surface area contributed by atoms with Gasteiger partial charge in [-0.3, -0.25) is 4.79 Å². The van der Waals surface area contributed by atoms with E-state index in [4.69, 9.17) is 4.74 Å². The Morgan fingerprint density at radius 1 is 1.59 bits per heavy atom. The van der Waals surface area contributed by atoms with E-state index < -0.39 is 0 Å². The number of hydrogen-bond donors (Lipinski definition) is 0. The molecule has 17 heavy (non-hydrogen) atoms. The summed E-state index contributed by atoms with van der Waals surface area (Å²) in [5.74, 6) is 0.822. The van der Waals surface area contributed by atoms with Gasteiger partial charge in [-0.1, -0.05) is 22.0 Å². The lowest BCUT2D eigenvalue weighted by Crippen LogP contribution is -2.24. The molecule has 1 unspecified atom stereocenters. The summed E-state index contributed by atoms with van der Waals surface area (Å²) in [7, 11) is 0. The topological polar surface area (TPSA) is 42.4 Å². The first-order valence-electron chi connectivity index (χ1n) is 5.68. The van der Waals surface area contributed by atoms with E-state index in [1.807, 2.05) is 24.0 Å². The van der Waals surface area contributed by atoms with Crippen LogP contribution in [-0.4, -0.2) is 33.8 Å². The Hall–Kier alpha value is -1.10. The zero-order chi connectivity index (χ0) is 12.3. The number of amides is 1. The molecule has 1 atom stereocenters. The minimum atomic E-state index is 0.195. The second-order valence-corrected chi connectivity index (χ2v) is 5.31. The largest absolute Gasteiger partial charge is 0.478 e. The van der Waals surface area contributed by atoms with Gasteiger partial charge in [0.05, 0.1) is 6.61 Å². The minimum Gasteiger partial charge on any atom is -0.478 e. The first-order chi connectivity index (χ1) is 8.19. The molecule has 1 amide bonds. The molecule has 2 rings (SSSR count). The second-order valence-electron chi connectivity index (χ2n) is 4.01. The predicted molar refractivity (Wildman–Crippen MR) is 68.2 cm³/mol. The van der Waals surface area contributed by atoms with Crippen LogP contribution in [0.4, 0.5) is 0 Å². The molecule has 0 aliphatic carbocycles. The van der Waals surface area contributed by atoms with E-state index in [1.54, 1.807) is 6.20 Å². The molecule has 0 aromatic carbocycles. The summed E-state index contributed by atoms with van der Waals surface area (Å²) >= 11 is 3.47. The Balaban J connectivity index is 1.97. The van der Waals surface area contributed by atoms with Gasteiger partial charge in [-0.15, -0.1) is 0 Å². The number of likely N-dealkylation sites (tertiary alicyclic amines) is 1. The molecule has 2 heterocycles. The molecule has 1 aliphatic heterocycles. The maximum atomic E-state index is 11.6. The maximum absolute atomic E-state index is 11.6. The molecule has 0 radical (unpaired) electrons. The van der Waals surface area contributed by atoms with Gasteiger partial charge >= 0.3 is 0 Å². The highest BCUT2D eigenvalue weighted by molar-refractivity contribution is 9.09. The SMILES string of the molecule is CCOc1ccc(CN2CC(Br)CC2=O)cn1. The molecule has 0 spiro atoms. The molecule has 1 aromatic rings. The summed E-state index contributed by atoms with van der Waals surface area (Å²) < 4.78 is 5.27. The van der Waals surface area contributed by atoms with Crippen molar-refractivity contribution >= 4 is 21.8 Å². The molecule has 0 N–H and O–H groups in total. The van der Waals surface area contributed by atoms with E-state index in [0.29, 0.717) is 25.5 Å². The van der Waals surface area contributed by atoms with Crippen molar-refractivity contribution < 1.29 is 9.53 Å². The summed E-state index contributed by atoms with van der Waals surface area (Å²) in [6.45, 7) is 3.93. The lowest BCUT2D eigenvalue weighted by atomic mass is 10.2. The highest BCUT2D eigenvalue weighted by atomic mass is 79.9. The summed E-state index contributed by atoms with van der Waals surface area (Å²) in [4.78, 5) is 17.9. The molecule has 92 valence electrons. The smallest absolute Gasteiger partial charge is 0.224 e. The van der Waals surface area contributed by atoms with Crippen molar-refractivity contribution in [1.82, 2.24) is 9.88 Å². The molecular weight excluding hydrogens is 284 g/mol. The van der Waals surface area contributed by atoms with E-state index in [9.17, 15) is 4.79 Å². The van der Waals surface area contributed by atoms with Crippen LogP contribution in [-0.2, 0) is 11.3 Å². The number of ether oxygens (including phenoxy) is 1. The zero-order valence-corrected chi connectivity index (χ0v) is 11.3. The van der Waals surface area contributed by atoms with E-state index in [2.05, 4.69) is 20.9 Å². The summed E-state index contributed by atoms with van der Waals surface area (Å²) in [5, 5.41) is 0. The average molecular weight is 299 g/mol. The predicted octanol–water partition coefficient (Wildman–Crippen LogP) is 1.98. The summed E-state index contributed by atoms with van der Waals surface area (Å²) in [5.41, 5.74) is 1.03. The monoisotopic (exact) mass is 298 g/mol. The summed E-state index contributed by atoms with van der Waals surface area (Å²) in [6, 6.07) is 3.79. The van der Waals surface area contributed by atoms with Gasteiger partial charge in [0.25, 0.3) is 0 Å². The fourth-order valence-corrected chi connectivity index (χ4v) is 2.46. The Morgan fingerprint density at radius 2 is 2.41 bits per heavy atom. The molecule has 1 aliphatic rings. The fraction of sp³-hybridized carbons (Fsp3) is 0.500. The fourth-order valence-electron chi connectivity index (χ4n) is 1.83. The van der Waals surface area contributed by atoms with Crippen molar-refractivity contribution in [1.29, 1.82) is 0 Å². The second kappa shape index (κ2) is 5.49. The third kappa shape index (κ3) is 3.19. The molecule has 1 saturated heterocycles. The first kappa shape index (κ1) is 12.4. The number of nitrogens with zero attached hydrogens (tertiary/aromatic N) is 2. The number of pyridine rings is 1. The van der Waals surface area contributed by atoms with Crippen LogP contribution < -0.4 is 4.74 Å². The van der Waals surface area contributed by atoms with Crippen molar-refractivity contribution in [3.63, 3.8) is 0 Å². The van der Waals surface area contributed by atoms with Crippen LogP contribution >= 0.6 is 15.9 Å². The number of alkyl halides is 1. The summed E-state index contributed by atoms with van der Waals surface area (Å²) in [6.07, 6.45) is 2.35. The van der Waals surface area contributed by atoms with E-state index in [1.165, 1.54) is 0 Å². The highest BCUT2D eigenvalue weighted by Gasteiger charge is 2.27. The third-order valence-corrected chi connectivity index (χ3v) is 3.24. The van der Waals surface area contributed by atoms with Gasteiger partial charge in [-0.05, 0) is 12.5 Å². The number of carbonyl (C=O) groups excluding carboxylic acids is 1. The van der Waals surface area contributed by atoms with Crippen LogP contribution in [0.25, 0.3) is 0 Å². The van der Waals surface area contributed by atoms with E-state index in [-0.39, 0.29) is 10.7 Å². The number of hydrogen-bond acceptors (Lipinski definition) is 3. The van der Waals surface area contributed by atoms with E-state index >= 15 is 0 Å². The maximum Gasteiger partial charge on any atom is 0.224 e. The van der Waals surface area contributed by atoms with Crippen molar-refractivity contribution in [2.45, 2.75) is 24.7 Å². The van der Waals surface area contributed by atoms with Gasteiger partial charge < -0.3 is 9.64 Å². The van der Waals surface area contributed by atoms with Gasteiger partial charge in [0.1, 0.15) is 0 Å². The Labute approximate surface area is 109 Å². The van der Waals surface area contributed by atoms with Crippen LogP contribution in [0, 0.1) is 0 Å². The average Bonchev–Trinajstić information content (AvgIpc) is 2.61. The molecule has 0 bridgehead atoms. The molecule has 4 nitrogen and oxygen atoms in total. The van der Waals surface area contributed by atoms with Gasteiger partial charge in [-0.25, -0.2) is 4.98 Å². The first-order valence-corrected chi connectivity index (χ1v) is 6.60. The van der Waals surface area contributed by atoms with Crippen LogP contribution in [0.3, 0.4) is 0 Å². The van der Waals surface area contributed by atoms with Gasteiger partial charge in [0.15, 0.2) is 0 Å². The standard InChI is InChI=1S/C12H15BrN2O2/c1-2-17-11-4-3-9(6-14-11)7-15-8-10(13)5-12(15)16/h3-4,6,10H,2,5,7-8H2,1H3. The zero-order valence-electron chi connectivity index (χ0n) is 9.73. The van der Waals surface area contributed by atoms with Gasteiger partial charge in [0, 0.05) is 36.6 Å². The molecule has 5 heteroatoms. The highest BCUT2D eigenvalue weighted by Crippen LogP contribution is 2.20. The van der Waals surface area contributed by atoms with Crippen molar-refractivity contribution in [3.05, 3.63) is 23.9 Å². The van der Waals surface area contributed by atoms with Crippen molar-refractivity contribution in [2.75, 3.05) is 13.2 Å². The Kier molecular flexibility index (Phi) is 3.99. The van der Waals surface area contributed by atoms with Gasteiger partial charge in [0.2, 0.25) is 11.8 Å². The van der Waals surface area contributed by atoms with E-state index in [0.717, 1.165) is 12.1 Å². The third-order valence-electron chi connectivity index (χ3n) is 2.63. The molecule has 1 fully saturated rings. The van der Waals surface area contributed by atoms with Crippen LogP contribution in [0.2, 0.25) is 0 Å². The van der Waals surface area contributed by atoms with Gasteiger partial charge in [-0.2, -0.15) is 0 Å². The van der Waals surface area contributed by atoms with Crippen LogP contribution in [0.1, 0.15) is 18.9 Å². The molecular formula is C12H15BrN2O2. The number of rotatable bonds is 4. The van der Waals surface area contributed by atoms with Crippen LogP contribution in [0.15, 0.2) is 18.3 Å². The normalized spacial score (nSPS) is 19.8. The van der Waals surface area contributed by atoms with Crippen molar-refractivity contribution in [2.24, 2.45) is 0 Å². The molecule has 0 saturated carbocycles. The van der Waals surface area contributed by atoms with Crippen molar-refractivity contribution in [3.8, 4) is 5.88 Å². The number of carbonyl (C=O) groups is 1. The number of aromatic nitrogens is 1. The number of halogens is 1. The molecule has 1 aromatic heterocycles. The minimum absolute atomic E-state index is 0.195. The Morgan fingerprint density at radius 3 is 2.94 bits per heavy atom. The Bertz CT molecular complexity index is 394. The quantitative estimate of drug-likeness (QED) is 0.798. The van der Waals surface area contributed by atoms with Crippen LogP contribution in [0.5, 0.6) is 5.88 Å². The lowest BCUT2D eigenvalue weighted by molar-refractivity contribution is -0.128.